The molecule has 0 aromatic heterocycles. The lowest BCUT2D eigenvalue weighted by Crippen LogP contribution is -2.21. The van der Waals surface area contributed by atoms with E-state index in [0.29, 0.717) is 18.4 Å². The number of carbonyl (C=O) groups excluding carboxylic acids is 1. The maximum absolute atomic E-state index is 11.9. The molecule has 1 aliphatic heterocycles. The van der Waals surface area contributed by atoms with Gasteiger partial charge in [-0.05, 0) is 44.7 Å². The van der Waals surface area contributed by atoms with Gasteiger partial charge in [-0.15, -0.1) is 0 Å². The molecule has 1 heterocycles. The van der Waals surface area contributed by atoms with Crippen LogP contribution < -0.4 is 0 Å². The topological polar surface area (TPSA) is 75.1 Å². The molecule has 2 bridgehead atoms. The van der Waals surface area contributed by atoms with Gasteiger partial charge in [0.15, 0.2) is 0 Å². The zero-order chi connectivity index (χ0) is 14.7. The molecule has 0 spiro atoms. The summed E-state index contributed by atoms with van der Waals surface area (Å²) >= 11 is 0. The van der Waals surface area contributed by atoms with Gasteiger partial charge in [-0.1, -0.05) is 28.9 Å². The zero-order valence-corrected chi connectivity index (χ0v) is 11.9. The van der Waals surface area contributed by atoms with Crippen LogP contribution in [-0.4, -0.2) is 18.1 Å². The zero-order valence-electron chi connectivity index (χ0n) is 11.9. The highest BCUT2D eigenvalue weighted by molar-refractivity contribution is 5.91. The van der Waals surface area contributed by atoms with Crippen molar-refractivity contribution >= 4 is 5.97 Å². The maximum atomic E-state index is 11.9. The SMILES string of the molecule is C=C(C)[C@@H]1C/C=C(\C)[C@H](N=[N+]=[N-])CCC2=C[C@@H]1OC2=O. The smallest absolute Gasteiger partial charge is 0.334 e. The molecule has 20 heavy (non-hydrogen) atoms. The fraction of sp³-hybridized carbons (Fsp3) is 0.533. The lowest BCUT2D eigenvalue weighted by molar-refractivity contribution is -0.141. The van der Waals surface area contributed by atoms with Gasteiger partial charge in [-0.25, -0.2) is 4.79 Å². The first-order valence-electron chi connectivity index (χ1n) is 6.81. The van der Waals surface area contributed by atoms with Crippen LogP contribution in [0.3, 0.4) is 0 Å². The quantitative estimate of drug-likeness (QED) is 0.252. The van der Waals surface area contributed by atoms with Crippen LogP contribution >= 0.6 is 0 Å². The number of nitrogens with zero attached hydrogens (tertiary/aromatic N) is 3. The molecule has 0 amide bonds. The Kier molecular flexibility index (Phi) is 4.30. The summed E-state index contributed by atoms with van der Waals surface area (Å²) in [6.07, 6.45) is 5.72. The third-order valence-corrected chi connectivity index (χ3v) is 4.00. The van der Waals surface area contributed by atoms with Crippen molar-refractivity contribution in [2.45, 2.75) is 45.3 Å². The highest BCUT2D eigenvalue weighted by Crippen LogP contribution is 2.32. The summed E-state index contributed by atoms with van der Waals surface area (Å²) in [7, 11) is 0. The third-order valence-electron chi connectivity index (χ3n) is 4.00. The maximum Gasteiger partial charge on any atom is 0.334 e. The van der Waals surface area contributed by atoms with Gasteiger partial charge in [0.1, 0.15) is 6.10 Å². The van der Waals surface area contributed by atoms with Crippen LogP contribution in [0.25, 0.3) is 10.4 Å². The van der Waals surface area contributed by atoms with Crippen LogP contribution in [0.15, 0.2) is 40.6 Å². The van der Waals surface area contributed by atoms with Crippen LogP contribution in [0.5, 0.6) is 0 Å². The number of hydrogen-bond donors (Lipinski definition) is 0. The summed E-state index contributed by atoms with van der Waals surface area (Å²) in [5, 5.41) is 3.83. The van der Waals surface area contributed by atoms with E-state index in [1.807, 2.05) is 19.9 Å². The average Bonchev–Trinajstić information content (AvgIpc) is 2.74. The van der Waals surface area contributed by atoms with E-state index in [2.05, 4.69) is 22.7 Å². The number of rotatable bonds is 2. The number of allylic oxidation sites excluding steroid dienone is 1. The van der Waals surface area contributed by atoms with Crippen LogP contribution in [0.2, 0.25) is 0 Å². The van der Waals surface area contributed by atoms with E-state index in [-0.39, 0.29) is 24.0 Å². The number of carbonyl (C=O) groups is 1. The summed E-state index contributed by atoms with van der Waals surface area (Å²) in [4.78, 5) is 14.8. The van der Waals surface area contributed by atoms with Gasteiger partial charge in [0, 0.05) is 16.4 Å². The van der Waals surface area contributed by atoms with Crippen LogP contribution in [0.1, 0.15) is 33.1 Å². The van der Waals surface area contributed by atoms with E-state index in [1.165, 1.54) is 0 Å². The summed E-state index contributed by atoms with van der Waals surface area (Å²) in [5.41, 5.74) is 11.4. The molecule has 0 fully saturated rings. The van der Waals surface area contributed by atoms with Gasteiger partial charge in [0.25, 0.3) is 0 Å². The van der Waals surface area contributed by atoms with Crippen LogP contribution in [0, 0.1) is 5.92 Å². The second kappa shape index (κ2) is 5.97. The van der Waals surface area contributed by atoms with Crippen LogP contribution in [-0.2, 0) is 9.53 Å². The largest absolute Gasteiger partial charge is 0.454 e. The Labute approximate surface area is 118 Å². The lowest BCUT2D eigenvalue weighted by Gasteiger charge is -2.21. The number of hydrogen-bond acceptors (Lipinski definition) is 3. The van der Waals surface area contributed by atoms with Gasteiger partial charge in [0.05, 0.1) is 6.04 Å². The van der Waals surface area contributed by atoms with E-state index < -0.39 is 0 Å². The highest BCUT2D eigenvalue weighted by Gasteiger charge is 2.32. The molecule has 0 aromatic rings. The van der Waals surface area contributed by atoms with Crippen molar-refractivity contribution in [1.29, 1.82) is 0 Å². The number of ether oxygens (including phenoxy) is 1. The molecule has 2 aliphatic rings. The first-order valence-corrected chi connectivity index (χ1v) is 6.81. The van der Waals surface area contributed by atoms with E-state index in [9.17, 15) is 4.79 Å². The Morgan fingerprint density at radius 3 is 3.00 bits per heavy atom. The van der Waals surface area contributed by atoms with Crippen molar-refractivity contribution in [3.63, 3.8) is 0 Å². The van der Waals surface area contributed by atoms with E-state index in [0.717, 1.165) is 17.6 Å². The molecular formula is C15H19N3O2. The fourth-order valence-electron chi connectivity index (χ4n) is 2.68. The van der Waals surface area contributed by atoms with E-state index in [4.69, 9.17) is 10.3 Å². The molecular weight excluding hydrogens is 254 g/mol. The highest BCUT2D eigenvalue weighted by atomic mass is 16.5. The second-order valence-electron chi connectivity index (χ2n) is 5.46. The van der Waals surface area contributed by atoms with Gasteiger partial charge in [0.2, 0.25) is 0 Å². The van der Waals surface area contributed by atoms with Crippen molar-refractivity contribution in [2.75, 3.05) is 0 Å². The Morgan fingerprint density at radius 1 is 1.60 bits per heavy atom. The predicted octanol–water partition coefficient (Wildman–Crippen LogP) is 3.84. The Morgan fingerprint density at radius 2 is 2.35 bits per heavy atom. The van der Waals surface area contributed by atoms with Crippen molar-refractivity contribution < 1.29 is 9.53 Å². The van der Waals surface area contributed by atoms with Crippen molar-refractivity contribution in [2.24, 2.45) is 11.0 Å². The average molecular weight is 273 g/mol. The molecule has 0 N–H and O–H groups in total. The summed E-state index contributed by atoms with van der Waals surface area (Å²) in [6.45, 7) is 7.91. The normalized spacial score (nSPS) is 32.3. The third kappa shape index (κ3) is 2.94. The van der Waals surface area contributed by atoms with E-state index >= 15 is 0 Å². The minimum absolute atomic E-state index is 0.0798. The van der Waals surface area contributed by atoms with Crippen molar-refractivity contribution in [3.8, 4) is 0 Å². The Balaban J connectivity index is 2.33. The lowest BCUT2D eigenvalue weighted by atomic mass is 9.88. The summed E-state index contributed by atoms with van der Waals surface area (Å²) in [6, 6.07) is -0.198. The molecule has 0 aromatic carbocycles. The standard InChI is InChI=1S/C15H19N3O2/c1-9(2)12-6-4-10(3)13(17-18-16)7-5-11-8-14(12)20-15(11)19/h4,8,12-14H,1,5-7H2,2-3H3/b10-4+/t12-,13+,14-/m0/s1. The molecule has 3 atom stereocenters. The molecule has 2 rings (SSSR count). The molecule has 0 saturated carbocycles. The predicted molar refractivity (Wildman–Crippen MR) is 76.8 cm³/mol. The molecule has 106 valence electrons. The molecule has 0 unspecified atom stereocenters. The van der Waals surface area contributed by atoms with E-state index in [1.54, 1.807) is 0 Å². The van der Waals surface area contributed by atoms with Crippen molar-refractivity contribution in [1.82, 2.24) is 0 Å². The van der Waals surface area contributed by atoms with Gasteiger partial charge in [-0.2, -0.15) is 0 Å². The molecule has 5 heteroatoms. The summed E-state index contributed by atoms with van der Waals surface area (Å²) in [5.74, 6) is -0.170. The van der Waals surface area contributed by atoms with Crippen LogP contribution in [0.4, 0.5) is 0 Å². The first-order chi connectivity index (χ1) is 9.52. The van der Waals surface area contributed by atoms with Gasteiger partial charge < -0.3 is 4.74 Å². The summed E-state index contributed by atoms with van der Waals surface area (Å²) < 4.78 is 5.44. The number of esters is 1. The molecule has 0 radical (unpaired) electrons. The minimum atomic E-state index is -0.250. The monoisotopic (exact) mass is 273 g/mol. The number of fused-ring (bicyclic) bond motifs is 1. The van der Waals surface area contributed by atoms with Gasteiger partial charge >= 0.3 is 5.97 Å². The van der Waals surface area contributed by atoms with Gasteiger partial charge in [-0.3, -0.25) is 0 Å². The first kappa shape index (κ1) is 14.4. The number of azide groups is 1. The molecule has 5 nitrogen and oxygen atoms in total. The Hall–Kier alpha value is -2.00. The second-order valence-corrected chi connectivity index (χ2v) is 5.46. The molecule has 1 aliphatic carbocycles. The Bertz CT molecular complexity index is 541. The minimum Gasteiger partial charge on any atom is -0.454 e. The molecule has 0 saturated heterocycles. The fourth-order valence-corrected chi connectivity index (χ4v) is 2.68. The van der Waals surface area contributed by atoms with Crippen molar-refractivity contribution in [3.05, 3.63) is 45.9 Å².